The molecule has 1 fully saturated rings. The average molecular weight is 296 g/mol. The highest BCUT2D eigenvalue weighted by atomic mass is 16.5. The van der Waals surface area contributed by atoms with Gasteiger partial charge in [-0.1, -0.05) is 17.7 Å². The minimum atomic E-state index is 0.125. The van der Waals surface area contributed by atoms with Crippen LogP contribution in [0.25, 0.3) is 0 Å². The molecule has 1 saturated carbocycles. The zero-order valence-electron chi connectivity index (χ0n) is 13.0. The van der Waals surface area contributed by atoms with Gasteiger partial charge in [0.05, 0.1) is 20.0 Å². The van der Waals surface area contributed by atoms with Crippen molar-refractivity contribution in [3.63, 3.8) is 0 Å². The molecule has 3 heteroatoms. The van der Waals surface area contributed by atoms with Crippen LogP contribution in [0.4, 0.5) is 0 Å². The largest absolute Gasteiger partial charge is 0.501 e. The van der Waals surface area contributed by atoms with Crippen molar-refractivity contribution in [2.24, 2.45) is 17.8 Å². The van der Waals surface area contributed by atoms with Crippen LogP contribution >= 0.6 is 0 Å². The summed E-state index contributed by atoms with van der Waals surface area (Å²) in [6.07, 6.45) is 7.12. The Kier molecular flexibility index (Phi) is 3.10. The van der Waals surface area contributed by atoms with Crippen LogP contribution in [0.15, 0.2) is 41.7 Å². The van der Waals surface area contributed by atoms with Gasteiger partial charge in [-0.05, 0) is 48.4 Å². The Morgan fingerprint density at radius 2 is 1.91 bits per heavy atom. The molecule has 3 atom stereocenters. The molecule has 22 heavy (non-hydrogen) atoms. The fraction of sp³-hybridized carbons (Fsp3) is 0.421. The van der Waals surface area contributed by atoms with Crippen LogP contribution in [-0.2, 0) is 11.2 Å². The third-order valence-electron chi connectivity index (χ3n) is 5.45. The van der Waals surface area contributed by atoms with E-state index in [0.29, 0.717) is 17.6 Å². The Labute approximate surface area is 130 Å². The predicted octanol–water partition coefficient (Wildman–Crippen LogP) is 3.55. The summed E-state index contributed by atoms with van der Waals surface area (Å²) < 4.78 is 10.7. The summed E-state index contributed by atoms with van der Waals surface area (Å²) in [6, 6.07) is 5.91. The SMILES string of the molecule is COC1=CC=C2C(C1)CC1C(=O)c3cc(OC)ccc3C[C@H]21. The second-order valence-electron chi connectivity index (χ2n) is 6.44. The molecule has 1 aromatic carbocycles. The number of rotatable bonds is 2. The number of ketones is 1. The van der Waals surface area contributed by atoms with Gasteiger partial charge in [-0.2, -0.15) is 0 Å². The fourth-order valence-corrected chi connectivity index (χ4v) is 4.33. The molecule has 3 nitrogen and oxygen atoms in total. The topological polar surface area (TPSA) is 35.5 Å². The highest BCUT2D eigenvalue weighted by molar-refractivity contribution is 6.01. The number of allylic oxidation sites excluding steroid dienone is 4. The van der Waals surface area contributed by atoms with Gasteiger partial charge >= 0.3 is 0 Å². The molecular weight excluding hydrogens is 276 g/mol. The molecule has 0 spiro atoms. The van der Waals surface area contributed by atoms with Crippen molar-refractivity contribution in [1.82, 2.24) is 0 Å². The first-order valence-electron chi connectivity index (χ1n) is 7.87. The maximum absolute atomic E-state index is 12.9. The lowest BCUT2D eigenvalue weighted by atomic mass is 9.75. The Balaban J connectivity index is 1.71. The fourth-order valence-electron chi connectivity index (χ4n) is 4.33. The number of hydrogen-bond acceptors (Lipinski definition) is 3. The second-order valence-corrected chi connectivity index (χ2v) is 6.44. The highest BCUT2D eigenvalue weighted by Crippen LogP contribution is 2.51. The molecule has 0 N–H and O–H groups in total. The first-order chi connectivity index (χ1) is 10.7. The summed E-state index contributed by atoms with van der Waals surface area (Å²) in [5, 5.41) is 0. The van der Waals surface area contributed by atoms with Gasteiger partial charge in [-0.15, -0.1) is 0 Å². The average Bonchev–Trinajstić information content (AvgIpc) is 2.92. The maximum atomic E-state index is 12.9. The molecule has 3 aliphatic rings. The minimum absolute atomic E-state index is 0.125. The van der Waals surface area contributed by atoms with Gasteiger partial charge in [0, 0.05) is 17.9 Å². The van der Waals surface area contributed by atoms with Crippen LogP contribution in [-0.4, -0.2) is 20.0 Å². The van der Waals surface area contributed by atoms with E-state index >= 15 is 0 Å². The Morgan fingerprint density at radius 3 is 2.68 bits per heavy atom. The maximum Gasteiger partial charge on any atom is 0.166 e. The lowest BCUT2D eigenvalue weighted by Crippen LogP contribution is -2.28. The number of carbonyl (C=O) groups is 1. The number of hydrogen-bond donors (Lipinski definition) is 0. The van der Waals surface area contributed by atoms with E-state index < -0.39 is 0 Å². The smallest absolute Gasteiger partial charge is 0.166 e. The number of fused-ring (bicyclic) bond motifs is 4. The lowest BCUT2D eigenvalue weighted by Gasteiger charge is -2.28. The van der Waals surface area contributed by atoms with E-state index in [4.69, 9.17) is 9.47 Å². The summed E-state index contributed by atoms with van der Waals surface area (Å²) >= 11 is 0. The third-order valence-corrected chi connectivity index (χ3v) is 5.45. The molecule has 114 valence electrons. The Morgan fingerprint density at radius 1 is 1.05 bits per heavy atom. The first-order valence-corrected chi connectivity index (χ1v) is 7.87. The number of carbonyl (C=O) groups excluding carboxylic acids is 1. The molecule has 0 heterocycles. The molecule has 0 aliphatic heterocycles. The van der Waals surface area contributed by atoms with E-state index in [2.05, 4.69) is 18.2 Å². The molecule has 0 saturated heterocycles. The van der Waals surface area contributed by atoms with E-state index in [9.17, 15) is 4.79 Å². The zero-order chi connectivity index (χ0) is 15.3. The molecule has 0 amide bonds. The normalized spacial score (nSPS) is 29.0. The van der Waals surface area contributed by atoms with Crippen molar-refractivity contribution in [1.29, 1.82) is 0 Å². The van der Waals surface area contributed by atoms with Crippen molar-refractivity contribution in [3.05, 3.63) is 52.8 Å². The molecule has 0 radical (unpaired) electrons. The minimum Gasteiger partial charge on any atom is -0.501 e. The van der Waals surface area contributed by atoms with Crippen molar-refractivity contribution < 1.29 is 14.3 Å². The van der Waals surface area contributed by atoms with Gasteiger partial charge in [0.25, 0.3) is 0 Å². The van der Waals surface area contributed by atoms with Gasteiger partial charge in [0.1, 0.15) is 5.75 Å². The van der Waals surface area contributed by atoms with Crippen LogP contribution in [0, 0.1) is 17.8 Å². The van der Waals surface area contributed by atoms with Gasteiger partial charge < -0.3 is 9.47 Å². The van der Waals surface area contributed by atoms with E-state index in [1.54, 1.807) is 14.2 Å². The first kappa shape index (κ1) is 13.6. The van der Waals surface area contributed by atoms with Gasteiger partial charge in [-0.25, -0.2) is 0 Å². The molecule has 3 aliphatic carbocycles. The monoisotopic (exact) mass is 296 g/mol. The molecule has 0 aromatic heterocycles. The summed E-state index contributed by atoms with van der Waals surface area (Å²) in [5.74, 6) is 3.05. The molecular formula is C19H20O3. The van der Waals surface area contributed by atoms with Crippen LogP contribution in [0.5, 0.6) is 5.75 Å². The number of Topliss-reactive ketones (excluding diaryl/α,β-unsaturated/α-hetero) is 1. The summed E-state index contributed by atoms with van der Waals surface area (Å²) in [7, 11) is 3.37. The molecule has 1 aromatic rings. The summed E-state index contributed by atoms with van der Waals surface area (Å²) in [5.41, 5.74) is 3.47. The lowest BCUT2D eigenvalue weighted by molar-refractivity contribution is 0.0878. The quantitative estimate of drug-likeness (QED) is 0.837. The number of benzene rings is 1. The second kappa shape index (κ2) is 5.01. The zero-order valence-corrected chi connectivity index (χ0v) is 13.0. The summed E-state index contributed by atoms with van der Waals surface area (Å²) in [4.78, 5) is 12.9. The van der Waals surface area contributed by atoms with Crippen molar-refractivity contribution >= 4 is 5.78 Å². The molecule has 0 bridgehead atoms. The van der Waals surface area contributed by atoms with Crippen LogP contribution in [0.2, 0.25) is 0 Å². The highest BCUT2D eigenvalue weighted by Gasteiger charge is 2.46. The van der Waals surface area contributed by atoms with Crippen molar-refractivity contribution in [3.8, 4) is 5.75 Å². The van der Waals surface area contributed by atoms with E-state index in [1.807, 2.05) is 12.1 Å². The summed E-state index contributed by atoms with van der Waals surface area (Å²) in [6.45, 7) is 0. The van der Waals surface area contributed by atoms with Gasteiger partial charge in [-0.3, -0.25) is 4.79 Å². The van der Waals surface area contributed by atoms with E-state index in [0.717, 1.165) is 41.9 Å². The van der Waals surface area contributed by atoms with Gasteiger partial charge in [0.15, 0.2) is 5.78 Å². The Bertz CT molecular complexity index is 699. The standard InChI is InChI=1S/C19H20O3/c1-21-13-5-6-15-12(7-13)9-18-17(15)8-11-3-4-14(22-2)10-16(11)19(18)20/h3-6,10,12,17-18H,7-9H2,1-2H3/t12?,17-,18?/m1/s1. The van der Waals surface area contributed by atoms with Crippen LogP contribution < -0.4 is 4.74 Å². The predicted molar refractivity (Wildman–Crippen MR) is 83.9 cm³/mol. The number of ether oxygens (including phenoxy) is 2. The van der Waals surface area contributed by atoms with E-state index in [-0.39, 0.29) is 5.92 Å². The Hall–Kier alpha value is -2.03. The van der Waals surface area contributed by atoms with E-state index in [1.165, 1.54) is 5.57 Å². The van der Waals surface area contributed by atoms with Gasteiger partial charge in [0.2, 0.25) is 0 Å². The van der Waals surface area contributed by atoms with Crippen molar-refractivity contribution in [2.45, 2.75) is 19.3 Å². The molecule has 4 rings (SSSR count). The molecule has 2 unspecified atom stereocenters. The van der Waals surface area contributed by atoms with Crippen molar-refractivity contribution in [2.75, 3.05) is 14.2 Å². The van der Waals surface area contributed by atoms with Crippen LogP contribution in [0.1, 0.15) is 28.8 Å². The number of methoxy groups -OCH3 is 2. The third kappa shape index (κ3) is 1.92. The van der Waals surface area contributed by atoms with Crippen LogP contribution in [0.3, 0.4) is 0 Å².